The van der Waals surface area contributed by atoms with Crippen LogP contribution in [0.2, 0.25) is 5.02 Å². The highest BCUT2D eigenvalue weighted by Gasteiger charge is 2.27. The molecule has 2 rings (SSSR count). The van der Waals surface area contributed by atoms with Gasteiger partial charge < -0.3 is 5.32 Å². The van der Waals surface area contributed by atoms with Gasteiger partial charge in [0.2, 0.25) is 0 Å². The zero-order valence-corrected chi connectivity index (χ0v) is 10.6. The van der Waals surface area contributed by atoms with E-state index >= 15 is 0 Å². The Hall–Kier alpha value is -0.800. The number of carbonyl (C=O) groups is 1. The normalized spacial score (nSPS) is 23.7. The third kappa shape index (κ3) is 2.72. The van der Waals surface area contributed by atoms with Crippen molar-refractivity contribution in [2.75, 3.05) is 0 Å². The van der Waals surface area contributed by atoms with Gasteiger partial charge in [0, 0.05) is 6.04 Å². The highest BCUT2D eigenvalue weighted by atomic mass is 35.5. The van der Waals surface area contributed by atoms with E-state index in [0.717, 1.165) is 19.3 Å². The molecule has 0 heterocycles. The van der Waals surface area contributed by atoms with E-state index in [1.165, 1.54) is 18.2 Å². The smallest absolute Gasteiger partial charge is 0.253 e. The Balaban J connectivity index is 2.12. The molecule has 17 heavy (non-hydrogen) atoms. The molecule has 5 heteroatoms. The quantitative estimate of drug-likeness (QED) is 0.824. The molecule has 2 atom stereocenters. The lowest BCUT2D eigenvalue weighted by Gasteiger charge is -2.16. The summed E-state index contributed by atoms with van der Waals surface area (Å²) in [5, 5.41) is 2.60. The van der Waals surface area contributed by atoms with E-state index in [1.807, 2.05) is 0 Å². The number of hydrogen-bond donors (Lipinski definition) is 1. The lowest BCUT2D eigenvalue weighted by molar-refractivity contribution is 0.0938. The molecule has 2 nitrogen and oxygen atoms in total. The van der Waals surface area contributed by atoms with Gasteiger partial charge in [-0.3, -0.25) is 4.79 Å². The van der Waals surface area contributed by atoms with Crippen molar-refractivity contribution in [1.82, 2.24) is 5.32 Å². The van der Waals surface area contributed by atoms with E-state index in [-0.39, 0.29) is 27.9 Å². The minimum absolute atomic E-state index is 0.0497. The maximum Gasteiger partial charge on any atom is 0.253 e. The molecule has 0 spiro atoms. The number of halogens is 3. The van der Waals surface area contributed by atoms with Crippen molar-refractivity contribution < 1.29 is 9.18 Å². The van der Waals surface area contributed by atoms with Gasteiger partial charge in [0.15, 0.2) is 0 Å². The van der Waals surface area contributed by atoms with Crippen LogP contribution in [0.1, 0.15) is 29.6 Å². The van der Waals surface area contributed by atoms with Crippen LogP contribution in [0.4, 0.5) is 4.39 Å². The van der Waals surface area contributed by atoms with Crippen LogP contribution in [0.5, 0.6) is 0 Å². The molecule has 1 aromatic rings. The molecule has 0 aliphatic heterocycles. The van der Waals surface area contributed by atoms with Crippen molar-refractivity contribution in [3.05, 3.63) is 34.6 Å². The molecule has 92 valence electrons. The zero-order valence-electron chi connectivity index (χ0n) is 9.05. The molecule has 0 bridgehead atoms. The standard InChI is InChI=1S/C12H12Cl2FNO/c13-8-4-2-6-10(8)16-12(17)7-3-1-5-9(15)11(7)14/h1,3,5,8,10H,2,4,6H2,(H,16,17). The fourth-order valence-electron chi connectivity index (χ4n) is 2.00. The number of amides is 1. The Bertz CT molecular complexity index is 439. The van der Waals surface area contributed by atoms with E-state index in [0.29, 0.717) is 0 Å². The summed E-state index contributed by atoms with van der Waals surface area (Å²) in [7, 11) is 0. The van der Waals surface area contributed by atoms with Crippen LogP contribution in [0.15, 0.2) is 18.2 Å². The molecule has 1 aliphatic rings. The third-order valence-electron chi connectivity index (χ3n) is 2.94. The molecular weight excluding hydrogens is 264 g/mol. The average molecular weight is 276 g/mol. The third-order valence-corrected chi connectivity index (χ3v) is 3.85. The van der Waals surface area contributed by atoms with Gasteiger partial charge in [0.25, 0.3) is 5.91 Å². The van der Waals surface area contributed by atoms with Crippen molar-refractivity contribution in [3.63, 3.8) is 0 Å². The molecule has 1 fully saturated rings. The predicted molar refractivity (Wildman–Crippen MR) is 66.2 cm³/mol. The fraction of sp³-hybridized carbons (Fsp3) is 0.417. The summed E-state index contributed by atoms with van der Waals surface area (Å²) in [4.78, 5) is 11.9. The Morgan fingerprint density at radius 2 is 2.18 bits per heavy atom. The van der Waals surface area contributed by atoms with Crippen LogP contribution >= 0.6 is 23.2 Å². The summed E-state index contributed by atoms with van der Waals surface area (Å²) < 4.78 is 13.2. The molecular formula is C12H12Cl2FNO. The first-order valence-electron chi connectivity index (χ1n) is 5.48. The number of hydrogen-bond acceptors (Lipinski definition) is 1. The van der Waals surface area contributed by atoms with Gasteiger partial charge >= 0.3 is 0 Å². The van der Waals surface area contributed by atoms with E-state index in [2.05, 4.69) is 5.32 Å². The van der Waals surface area contributed by atoms with E-state index in [1.54, 1.807) is 0 Å². The number of alkyl halides is 1. The summed E-state index contributed by atoms with van der Waals surface area (Å²) in [5.74, 6) is -0.958. The first-order chi connectivity index (χ1) is 8.09. The largest absolute Gasteiger partial charge is 0.348 e. The van der Waals surface area contributed by atoms with E-state index < -0.39 is 5.82 Å². The lowest BCUT2D eigenvalue weighted by Crippen LogP contribution is -2.38. The van der Waals surface area contributed by atoms with E-state index in [4.69, 9.17) is 23.2 Å². The van der Waals surface area contributed by atoms with Gasteiger partial charge in [-0.2, -0.15) is 0 Å². The highest BCUT2D eigenvalue weighted by Crippen LogP contribution is 2.25. The maximum atomic E-state index is 13.2. The van der Waals surface area contributed by atoms with Crippen LogP contribution in [0.25, 0.3) is 0 Å². The molecule has 1 aromatic carbocycles. The second-order valence-electron chi connectivity index (χ2n) is 4.13. The van der Waals surface area contributed by atoms with E-state index in [9.17, 15) is 9.18 Å². The highest BCUT2D eigenvalue weighted by molar-refractivity contribution is 6.34. The van der Waals surface area contributed by atoms with Gasteiger partial charge in [0.05, 0.1) is 16.0 Å². The summed E-state index contributed by atoms with van der Waals surface area (Å²) in [6.45, 7) is 0. The predicted octanol–water partition coefficient (Wildman–Crippen LogP) is 3.37. The summed E-state index contributed by atoms with van der Waals surface area (Å²) in [5.41, 5.74) is 0.155. The summed E-state index contributed by atoms with van der Waals surface area (Å²) >= 11 is 11.8. The zero-order chi connectivity index (χ0) is 12.4. The Morgan fingerprint density at radius 1 is 1.41 bits per heavy atom. The maximum absolute atomic E-state index is 13.2. The monoisotopic (exact) mass is 275 g/mol. The van der Waals surface area contributed by atoms with Gasteiger partial charge in [-0.25, -0.2) is 4.39 Å². The van der Waals surface area contributed by atoms with Crippen molar-refractivity contribution in [3.8, 4) is 0 Å². The second-order valence-corrected chi connectivity index (χ2v) is 5.07. The number of carbonyl (C=O) groups excluding carboxylic acids is 1. The number of nitrogens with one attached hydrogen (secondary N) is 1. The van der Waals surface area contributed by atoms with Crippen LogP contribution in [0.3, 0.4) is 0 Å². The molecule has 1 N–H and O–H groups in total. The van der Waals surface area contributed by atoms with Crippen LogP contribution in [0, 0.1) is 5.82 Å². The molecule has 1 saturated carbocycles. The first kappa shape index (κ1) is 12.7. The Morgan fingerprint density at radius 3 is 2.82 bits per heavy atom. The fourth-order valence-corrected chi connectivity index (χ4v) is 2.56. The van der Waals surface area contributed by atoms with Crippen molar-refractivity contribution >= 4 is 29.1 Å². The average Bonchev–Trinajstić information content (AvgIpc) is 2.68. The van der Waals surface area contributed by atoms with Crippen molar-refractivity contribution in [1.29, 1.82) is 0 Å². The Kier molecular flexibility index (Phi) is 3.89. The van der Waals surface area contributed by atoms with Crippen LogP contribution in [-0.4, -0.2) is 17.3 Å². The lowest BCUT2D eigenvalue weighted by atomic mass is 10.1. The van der Waals surface area contributed by atoms with Crippen molar-refractivity contribution in [2.24, 2.45) is 0 Å². The van der Waals surface area contributed by atoms with Gasteiger partial charge in [-0.15, -0.1) is 11.6 Å². The minimum Gasteiger partial charge on any atom is -0.348 e. The molecule has 0 saturated heterocycles. The minimum atomic E-state index is -0.590. The summed E-state index contributed by atoms with van der Waals surface area (Å²) in [6, 6.07) is 4.13. The first-order valence-corrected chi connectivity index (χ1v) is 6.30. The van der Waals surface area contributed by atoms with Gasteiger partial charge in [0.1, 0.15) is 5.82 Å². The second kappa shape index (κ2) is 5.23. The topological polar surface area (TPSA) is 29.1 Å². The molecule has 0 aromatic heterocycles. The van der Waals surface area contributed by atoms with Gasteiger partial charge in [-0.1, -0.05) is 17.7 Å². The summed E-state index contributed by atoms with van der Waals surface area (Å²) in [6.07, 6.45) is 2.74. The van der Waals surface area contributed by atoms with Crippen molar-refractivity contribution in [2.45, 2.75) is 30.7 Å². The molecule has 1 amide bonds. The number of benzene rings is 1. The van der Waals surface area contributed by atoms with Gasteiger partial charge in [-0.05, 0) is 31.4 Å². The molecule has 2 unspecified atom stereocenters. The molecule has 1 aliphatic carbocycles. The molecule has 0 radical (unpaired) electrons. The van der Waals surface area contributed by atoms with Crippen LogP contribution in [-0.2, 0) is 0 Å². The van der Waals surface area contributed by atoms with Crippen LogP contribution < -0.4 is 5.32 Å². The Labute approximate surface area is 109 Å². The SMILES string of the molecule is O=C(NC1CCCC1Cl)c1cccc(F)c1Cl. The number of rotatable bonds is 2.